The van der Waals surface area contributed by atoms with Gasteiger partial charge in [0, 0.05) is 0 Å². The molecule has 0 aromatic carbocycles. The van der Waals surface area contributed by atoms with Gasteiger partial charge in [-0.25, -0.2) is 0 Å². The highest BCUT2D eigenvalue weighted by Gasteiger charge is 2.22. The molecule has 0 bridgehead atoms. The van der Waals surface area contributed by atoms with E-state index in [1.54, 1.807) is 0 Å². The van der Waals surface area contributed by atoms with Crippen molar-refractivity contribution in [2.45, 2.75) is 52.6 Å². The highest BCUT2D eigenvalue weighted by atomic mass is 16.3. The fourth-order valence-corrected chi connectivity index (χ4v) is 1.65. The number of hydrogen-bond donors (Lipinski definition) is 1. The van der Waals surface area contributed by atoms with E-state index in [-0.39, 0.29) is 11.8 Å². The van der Waals surface area contributed by atoms with Gasteiger partial charge in [-0.05, 0) is 18.8 Å². The Bertz CT molecular complexity index is 162. The van der Waals surface area contributed by atoms with Crippen LogP contribution in [0.25, 0.3) is 0 Å². The minimum absolute atomic E-state index is 0.174. The van der Waals surface area contributed by atoms with Crippen molar-refractivity contribution in [2.24, 2.45) is 11.8 Å². The lowest BCUT2D eigenvalue weighted by atomic mass is 9.87. The van der Waals surface area contributed by atoms with E-state index in [1.165, 1.54) is 0 Å². The summed E-state index contributed by atoms with van der Waals surface area (Å²) in [6.07, 6.45) is 3.41. The third-order valence-corrected chi connectivity index (χ3v) is 2.50. The number of nitriles is 1. The number of rotatable bonds is 6. The third-order valence-electron chi connectivity index (χ3n) is 2.50. The van der Waals surface area contributed by atoms with Crippen molar-refractivity contribution in [3.63, 3.8) is 0 Å². The molecule has 0 saturated carbocycles. The second-order valence-corrected chi connectivity index (χ2v) is 3.78. The summed E-state index contributed by atoms with van der Waals surface area (Å²) in [6.45, 7) is 6.17. The van der Waals surface area contributed by atoms with Crippen LogP contribution in [0.15, 0.2) is 0 Å². The first-order valence-electron chi connectivity index (χ1n) is 5.25. The fraction of sp³-hybridized carbons (Fsp3) is 0.909. The number of hydrogen-bond acceptors (Lipinski definition) is 2. The molecule has 0 radical (unpaired) electrons. The second-order valence-electron chi connectivity index (χ2n) is 3.78. The maximum absolute atomic E-state index is 9.82. The average Bonchev–Trinajstić information content (AvgIpc) is 2.13. The summed E-state index contributed by atoms with van der Waals surface area (Å²) in [5, 5.41) is 18.7. The SMILES string of the molecule is CCCC(C)C(O)C(C#N)CCC. The fourth-order valence-electron chi connectivity index (χ4n) is 1.65. The molecule has 13 heavy (non-hydrogen) atoms. The van der Waals surface area contributed by atoms with Crippen LogP contribution in [0.4, 0.5) is 0 Å². The summed E-state index contributed by atoms with van der Waals surface area (Å²) in [6, 6.07) is 2.19. The first-order chi connectivity index (χ1) is 6.17. The number of nitrogens with zero attached hydrogens (tertiary/aromatic N) is 1. The summed E-state index contributed by atoms with van der Waals surface area (Å²) < 4.78 is 0. The Kier molecular flexibility index (Phi) is 6.62. The minimum atomic E-state index is -0.440. The monoisotopic (exact) mass is 183 g/mol. The topological polar surface area (TPSA) is 44.0 Å². The van der Waals surface area contributed by atoms with Crippen LogP contribution in [0, 0.1) is 23.2 Å². The van der Waals surface area contributed by atoms with Gasteiger partial charge in [-0.15, -0.1) is 0 Å². The van der Waals surface area contributed by atoms with Crippen molar-refractivity contribution in [3.05, 3.63) is 0 Å². The van der Waals surface area contributed by atoms with Crippen LogP contribution in [0.2, 0.25) is 0 Å². The van der Waals surface area contributed by atoms with Crippen LogP contribution >= 0.6 is 0 Å². The first kappa shape index (κ1) is 12.4. The molecule has 2 nitrogen and oxygen atoms in total. The molecule has 3 atom stereocenters. The van der Waals surface area contributed by atoms with Crippen molar-refractivity contribution in [3.8, 4) is 6.07 Å². The molecule has 0 aromatic rings. The lowest BCUT2D eigenvalue weighted by molar-refractivity contribution is 0.0712. The van der Waals surface area contributed by atoms with Crippen molar-refractivity contribution >= 4 is 0 Å². The van der Waals surface area contributed by atoms with Gasteiger partial charge in [0.1, 0.15) is 0 Å². The summed E-state index contributed by atoms with van der Waals surface area (Å²) in [5.74, 6) is 0.0766. The van der Waals surface area contributed by atoms with Gasteiger partial charge in [-0.3, -0.25) is 0 Å². The van der Waals surface area contributed by atoms with Crippen LogP contribution in [0.5, 0.6) is 0 Å². The summed E-state index contributed by atoms with van der Waals surface area (Å²) in [4.78, 5) is 0. The highest BCUT2D eigenvalue weighted by molar-refractivity contribution is 4.89. The molecule has 2 heteroatoms. The van der Waals surface area contributed by atoms with Gasteiger partial charge in [0.2, 0.25) is 0 Å². The predicted octanol–water partition coefficient (Wildman–Crippen LogP) is 2.72. The molecule has 0 saturated heterocycles. The van der Waals surface area contributed by atoms with E-state index in [2.05, 4.69) is 13.0 Å². The van der Waals surface area contributed by atoms with E-state index in [0.29, 0.717) is 0 Å². The van der Waals surface area contributed by atoms with Crippen molar-refractivity contribution in [1.82, 2.24) is 0 Å². The largest absolute Gasteiger partial charge is 0.391 e. The van der Waals surface area contributed by atoms with Crippen LogP contribution in [-0.4, -0.2) is 11.2 Å². The highest BCUT2D eigenvalue weighted by Crippen LogP contribution is 2.20. The molecule has 0 rings (SSSR count). The smallest absolute Gasteiger partial charge is 0.0725 e. The maximum Gasteiger partial charge on any atom is 0.0725 e. The molecule has 0 aliphatic carbocycles. The van der Waals surface area contributed by atoms with Crippen molar-refractivity contribution in [2.75, 3.05) is 0 Å². The van der Waals surface area contributed by atoms with Gasteiger partial charge in [-0.2, -0.15) is 5.26 Å². The van der Waals surface area contributed by atoms with Crippen molar-refractivity contribution in [1.29, 1.82) is 5.26 Å². The lowest BCUT2D eigenvalue weighted by Gasteiger charge is -2.22. The molecular weight excluding hydrogens is 162 g/mol. The Morgan fingerprint density at radius 2 is 1.77 bits per heavy atom. The predicted molar refractivity (Wildman–Crippen MR) is 54.1 cm³/mol. The molecule has 0 heterocycles. The zero-order valence-electron chi connectivity index (χ0n) is 8.95. The van der Waals surface area contributed by atoms with Crippen molar-refractivity contribution < 1.29 is 5.11 Å². The van der Waals surface area contributed by atoms with Gasteiger partial charge < -0.3 is 5.11 Å². The van der Waals surface area contributed by atoms with E-state index < -0.39 is 6.10 Å². The Labute approximate surface area is 81.6 Å². The van der Waals surface area contributed by atoms with E-state index in [1.807, 2.05) is 13.8 Å². The van der Waals surface area contributed by atoms with E-state index in [4.69, 9.17) is 5.26 Å². The Balaban J connectivity index is 4.04. The molecular formula is C11H21NO. The molecule has 0 amide bonds. The standard InChI is InChI=1S/C11H21NO/c1-4-6-9(3)11(13)10(8-12)7-5-2/h9-11,13H,4-7H2,1-3H3. The van der Waals surface area contributed by atoms with E-state index in [0.717, 1.165) is 25.7 Å². The van der Waals surface area contributed by atoms with Crippen LogP contribution in [0.1, 0.15) is 46.5 Å². The molecule has 0 fully saturated rings. The normalized spacial score (nSPS) is 17.5. The van der Waals surface area contributed by atoms with Crippen LogP contribution < -0.4 is 0 Å². The lowest BCUT2D eigenvalue weighted by Crippen LogP contribution is -2.26. The Morgan fingerprint density at radius 1 is 1.23 bits per heavy atom. The summed E-state index contributed by atoms with van der Waals surface area (Å²) in [5.41, 5.74) is 0. The maximum atomic E-state index is 9.82. The third kappa shape index (κ3) is 4.28. The zero-order valence-corrected chi connectivity index (χ0v) is 8.95. The molecule has 0 aliphatic rings. The molecule has 76 valence electrons. The molecule has 0 spiro atoms. The Morgan fingerprint density at radius 3 is 2.15 bits per heavy atom. The number of aliphatic hydroxyl groups excluding tert-OH is 1. The first-order valence-corrected chi connectivity index (χ1v) is 5.25. The quantitative estimate of drug-likeness (QED) is 0.688. The van der Waals surface area contributed by atoms with Gasteiger partial charge in [0.05, 0.1) is 18.1 Å². The second kappa shape index (κ2) is 6.91. The molecule has 0 aromatic heterocycles. The zero-order chi connectivity index (χ0) is 10.3. The number of aliphatic hydroxyl groups is 1. The van der Waals surface area contributed by atoms with E-state index in [9.17, 15) is 5.11 Å². The molecule has 1 N–H and O–H groups in total. The Hall–Kier alpha value is -0.550. The van der Waals surface area contributed by atoms with Gasteiger partial charge >= 0.3 is 0 Å². The average molecular weight is 183 g/mol. The van der Waals surface area contributed by atoms with Gasteiger partial charge in [-0.1, -0.05) is 33.6 Å². The summed E-state index contributed by atoms with van der Waals surface area (Å²) in [7, 11) is 0. The van der Waals surface area contributed by atoms with Gasteiger partial charge in [0.15, 0.2) is 0 Å². The molecule has 0 aliphatic heterocycles. The van der Waals surface area contributed by atoms with Crippen LogP contribution in [0.3, 0.4) is 0 Å². The van der Waals surface area contributed by atoms with E-state index >= 15 is 0 Å². The summed E-state index contributed by atoms with van der Waals surface area (Å²) >= 11 is 0. The van der Waals surface area contributed by atoms with Gasteiger partial charge in [0.25, 0.3) is 0 Å². The van der Waals surface area contributed by atoms with Crippen LogP contribution in [-0.2, 0) is 0 Å². The minimum Gasteiger partial charge on any atom is -0.391 e. The molecule has 3 unspecified atom stereocenters.